The van der Waals surface area contributed by atoms with Gasteiger partial charge in [0, 0.05) is 20.6 Å². The summed E-state index contributed by atoms with van der Waals surface area (Å²) in [6, 6.07) is 3.96. The Morgan fingerprint density at radius 3 is 2.75 bits per heavy atom. The van der Waals surface area contributed by atoms with Gasteiger partial charge in [-0.25, -0.2) is 4.98 Å². The molecule has 6 heteroatoms. The number of amides is 1. The van der Waals surface area contributed by atoms with Gasteiger partial charge >= 0.3 is 0 Å². The van der Waals surface area contributed by atoms with Crippen molar-refractivity contribution in [2.45, 2.75) is 13.5 Å². The number of aryl methyl sites for hydroxylation is 1. The average molecular weight is 293 g/mol. The van der Waals surface area contributed by atoms with E-state index < -0.39 is 0 Å². The van der Waals surface area contributed by atoms with Gasteiger partial charge in [-0.15, -0.1) is 11.3 Å². The van der Waals surface area contributed by atoms with Crippen molar-refractivity contribution in [2.24, 2.45) is 0 Å². The van der Waals surface area contributed by atoms with E-state index in [2.05, 4.69) is 4.98 Å². The van der Waals surface area contributed by atoms with Gasteiger partial charge in [-0.05, 0) is 25.4 Å². The highest BCUT2D eigenvalue weighted by atomic mass is 32.1. The van der Waals surface area contributed by atoms with Crippen LogP contribution in [0.1, 0.15) is 11.5 Å². The largest absolute Gasteiger partial charge is 0.440 e. The number of hydrogen-bond acceptors (Lipinski definition) is 5. The Kier molecular flexibility index (Phi) is 4.57. The van der Waals surface area contributed by atoms with Crippen LogP contribution in [0.15, 0.2) is 21.9 Å². The number of carbonyl (C=O) groups excluding carboxylic acids is 1. The second kappa shape index (κ2) is 6.19. The van der Waals surface area contributed by atoms with Crippen LogP contribution in [0.3, 0.4) is 0 Å². The number of hydrogen-bond donors (Lipinski definition) is 0. The van der Waals surface area contributed by atoms with Crippen LogP contribution >= 0.6 is 11.3 Å². The monoisotopic (exact) mass is 293 g/mol. The number of aromatic nitrogens is 1. The Morgan fingerprint density at radius 2 is 2.15 bits per heavy atom. The molecule has 2 rings (SSSR count). The van der Waals surface area contributed by atoms with Crippen LogP contribution < -0.4 is 0 Å². The SMILES string of the molecule is Cc1oc(-c2cccs2)nc1CN(C)CC(=O)N(C)C. The van der Waals surface area contributed by atoms with E-state index in [0.29, 0.717) is 19.0 Å². The van der Waals surface area contributed by atoms with Crippen LogP contribution in [0.4, 0.5) is 0 Å². The molecule has 0 spiro atoms. The third-order valence-corrected chi connectivity index (χ3v) is 3.81. The number of oxazole rings is 1. The third kappa shape index (κ3) is 3.46. The normalized spacial score (nSPS) is 11.1. The molecule has 2 heterocycles. The lowest BCUT2D eigenvalue weighted by atomic mass is 10.3. The summed E-state index contributed by atoms with van der Waals surface area (Å²) in [5, 5.41) is 2.00. The molecule has 0 radical (unpaired) electrons. The second-order valence-corrected chi connectivity index (χ2v) is 5.91. The van der Waals surface area contributed by atoms with Crippen LogP contribution in [0.2, 0.25) is 0 Å². The molecule has 20 heavy (non-hydrogen) atoms. The zero-order valence-corrected chi connectivity index (χ0v) is 13.0. The Labute approximate surface area is 122 Å². The minimum Gasteiger partial charge on any atom is -0.440 e. The molecule has 0 unspecified atom stereocenters. The molecule has 2 aromatic rings. The molecular weight excluding hydrogens is 274 g/mol. The maximum atomic E-state index is 11.7. The van der Waals surface area contributed by atoms with E-state index in [9.17, 15) is 4.79 Å². The first kappa shape index (κ1) is 14.7. The second-order valence-electron chi connectivity index (χ2n) is 4.96. The predicted molar refractivity (Wildman–Crippen MR) is 79.6 cm³/mol. The van der Waals surface area contributed by atoms with Crippen molar-refractivity contribution < 1.29 is 9.21 Å². The molecule has 0 bridgehead atoms. The van der Waals surface area contributed by atoms with Crippen LogP contribution in [0.25, 0.3) is 10.8 Å². The first-order valence-corrected chi connectivity index (χ1v) is 7.24. The first-order valence-electron chi connectivity index (χ1n) is 6.36. The average Bonchev–Trinajstić information content (AvgIpc) is 2.99. The van der Waals surface area contributed by atoms with Crippen molar-refractivity contribution in [2.75, 3.05) is 27.7 Å². The fourth-order valence-corrected chi connectivity index (χ4v) is 2.41. The van der Waals surface area contributed by atoms with Gasteiger partial charge in [0.15, 0.2) is 0 Å². The summed E-state index contributed by atoms with van der Waals surface area (Å²) < 4.78 is 5.69. The molecule has 0 aliphatic rings. The number of likely N-dealkylation sites (N-methyl/N-ethyl adjacent to an activating group) is 2. The Bertz CT molecular complexity index is 575. The van der Waals surface area contributed by atoms with E-state index in [4.69, 9.17) is 4.42 Å². The van der Waals surface area contributed by atoms with E-state index in [0.717, 1.165) is 16.3 Å². The van der Waals surface area contributed by atoms with Crippen LogP contribution in [0.5, 0.6) is 0 Å². The standard InChI is InChI=1S/C14H19N3O2S/c1-10-11(8-17(4)9-13(18)16(2)3)15-14(19-10)12-6-5-7-20-12/h5-7H,8-9H2,1-4H3. The lowest BCUT2D eigenvalue weighted by Gasteiger charge is -2.17. The number of thiophene rings is 1. The van der Waals surface area contributed by atoms with Gasteiger partial charge in [0.25, 0.3) is 0 Å². The summed E-state index contributed by atoms with van der Waals surface area (Å²) in [4.78, 5) is 20.7. The van der Waals surface area contributed by atoms with Gasteiger partial charge < -0.3 is 9.32 Å². The maximum Gasteiger partial charge on any atom is 0.236 e. The summed E-state index contributed by atoms with van der Waals surface area (Å²) >= 11 is 1.60. The molecule has 0 saturated heterocycles. The predicted octanol–water partition coefficient (Wildman–Crippen LogP) is 2.23. The van der Waals surface area contributed by atoms with Crippen molar-refractivity contribution in [3.05, 3.63) is 29.0 Å². The third-order valence-electron chi connectivity index (χ3n) is 2.95. The van der Waals surface area contributed by atoms with E-state index in [1.54, 1.807) is 30.3 Å². The molecule has 2 aromatic heterocycles. The highest BCUT2D eigenvalue weighted by Gasteiger charge is 2.15. The van der Waals surface area contributed by atoms with E-state index in [1.807, 2.05) is 36.4 Å². The Morgan fingerprint density at radius 1 is 1.40 bits per heavy atom. The first-order chi connectivity index (χ1) is 9.47. The summed E-state index contributed by atoms with van der Waals surface area (Å²) in [5.41, 5.74) is 0.877. The van der Waals surface area contributed by atoms with E-state index >= 15 is 0 Å². The molecule has 0 atom stereocenters. The van der Waals surface area contributed by atoms with Gasteiger partial charge in [-0.3, -0.25) is 9.69 Å². The highest BCUT2D eigenvalue weighted by Crippen LogP contribution is 2.26. The van der Waals surface area contributed by atoms with Crippen LogP contribution in [0, 0.1) is 6.92 Å². The molecule has 0 N–H and O–H groups in total. The summed E-state index contributed by atoms with van der Waals surface area (Å²) in [7, 11) is 5.42. The topological polar surface area (TPSA) is 49.6 Å². The fourth-order valence-electron chi connectivity index (χ4n) is 1.76. The van der Waals surface area contributed by atoms with Gasteiger partial charge in [-0.2, -0.15) is 0 Å². The quantitative estimate of drug-likeness (QED) is 0.848. The van der Waals surface area contributed by atoms with Crippen molar-refractivity contribution in [1.29, 1.82) is 0 Å². The fraction of sp³-hybridized carbons (Fsp3) is 0.429. The highest BCUT2D eigenvalue weighted by molar-refractivity contribution is 7.13. The van der Waals surface area contributed by atoms with Crippen molar-refractivity contribution in [3.8, 4) is 10.8 Å². The van der Waals surface area contributed by atoms with Crippen molar-refractivity contribution >= 4 is 17.2 Å². The van der Waals surface area contributed by atoms with Crippen molar-refractivity contribution in [1.82, 2.24) is 14.8 Å². The number of carbonyl (C=O) groups is 1. The number of nitrogens with zero attached hydrogens (tertiary/aromatic N) is 3. The van der Waals surface area contributed by atoms with Crippen molar-refractivity contribution in [3.63, 3.8) is 0 Å². The summed E-state index contributed by atoms with van der Waals surface area (Å²) in [5.74, 6) is 1.53. The minimum atomic E-state index is 0.0760. The minimum absolute atomic E-state index is 0.0760. The van der Waals surface area contributed by atoms with E-state index in [1.165, 1.54) is 0 Å². The molecule has 0 fully saturated rings. The lowest BCUT2D eigenvalue weighted by molar-refractivity contribution is -0.129. The molecule has 5 nitrogen and oxygen atoms in total. The smallest absolute Gasteiger partial charge is 0.236 e. The molecule has 108 valence electrons. The van der Waals surface area contributed by atoms with Crippen LogP contribution in [-0.2, 0) is 11.3 Å². The summed E-state index contributed by atoms with van der Waals surface area (Å²) in [6.45, 7) is 2.87. The lowest BCUT2D eigenvalue weighted by Crippen LogP contribution is -2.34. The molecule has 0 aromatic carbocycles. The molecular formula is C14H19N3O2S. The maximum absolute atomic E-state index is 11.7. The van der Waals surface area contributed by atoms with Crippen LogP contribution in [-0.4, -0.2) is 48.4 Å². The molecule has 0 aliphatic carbocycles. The van der Waals surface area contributed by atoms with Gasteiger partial charge in [0.2, 0.25) is 11.8 Å². The Balaban J connectivity index is 2.05. The molecule has 0 aliphatic heterocycles. The van der Waals surface area contributed by atoms with E-state index in [-0.39, 0.29) is 5.91 Å². The van der Waals surface area contributed by atoms with Gasteiger partial charge in [-0.1, -0.05) is 6.07 Å². The zero-order valence-electron chi connectivity index (χ0n) is 12.2. The summed E-state index contributed by atoms with van der Waals surface area (Å²) in [6.07, 6.45) is 0. The Hall–Kier alpha value is -1.66. The number of rotatable bonds is 5. The van der Waals surface area contributed by atoms with Gasteiger partial charge in [0.05, 0.1) is 17.1 Å². The zero-order chi connectivity index (χ0) is 14.7. The molecule has 1 amide bonds. The van der Waals surface area contributed by atoms with Gasteiger partial charge in [0.1, 0.15) is 5.76 Å². The molecule has 0 saturated carbocycles.